The van der Waals surface area contributed by atoms with E-state index in [1.807, 2.05) is 0 Å². The molecule has 0 spiro atoms. The van der Waals surface area contributed by atoms with Crippen LogP contribution in [0.1, 0.15) is 0 Å². The molecule has 0 saturated carbocycles. The molecule has 0 aromatic rings. The van der Waals surface area contributed by atoms with Gasteiger partial charge in [0.1, 0.15) is 0 Å². The number of fused-ring (bicyclic) bond motifs is 6. The first-order chi connectivity index (χ1) is 12.4. The van der Waals surface area contributed by atoms with Crippen LogP contribution in [0, 0.1) is 11.8 Å². The maximum Gasteiger partial charge on any atom is 1.00 e. The molecule has 0 aromatic heterocycles. The topological polar surface area (TPSA) is 76.4 Å². The molecule has 2 aliphatic rings. The van der Waals surface area contributed by atoms with Crippen molar-refractivity contribution in [3.05, 3.63) is 6.57 Å². The second kappa shape index (κ2) is 20.0. The van der Waals surface area contributed by atoms with Crippen LogP contribution in [0.2, 0.25) is 0 Å². The molecule has 0 amide bonds. The van der Waals surface area contributed by atoms with Gasteiger partial charge in [-0.15, -0.1) is 0 Å². The Morgan fingerprint density at radius 1 is 0.423 bits per heavy atom. The molecule has 0 unspecified atom stereocenters. The summed E-state index contributed by atoms with van der Waals surface area (Å²) in [6.07, 6.45) is 0. The van der Waals surface area contributed by atoms with E-state index in [4.69, 9.17) is 35.5 Å². The third kappa shape index (κ3) is 14.3. The first-order valence-corrected chi connectivity index (χ1v) is 9.01. The summed E-state index contributed by atoms with van der Waals surface area (Å²) >= 11 is 0. The number of nitrogens with zero attached hydrogens (tertiary/aromatic N) is 3. The van der Waals surface area contributed by atoms with Crippen LogP contribution in [-0.2, 0) is 23.7 Å². The molecule has 8 nitrogen and oxygen atoms in total. The van der Waals surface area contributed by atoms with Gasteiger partial charge in [0.2, 0.25) is 0 Å². The Morgan fingerprint density at radius 3 is 0.846 bits per heavy atom. The van der Waals surface area contributed by atoms with Crippen LogP contribution in [0.25, 0.3) is 0 Å². The molecule has 2 bridgehead atoms. The van der Waals surface area contributed by atoms with E-state index in [0.29, 0.717) is 26.4 Å². The molecule has 26 heavy (non-hydrogen) atoms. The van der Waals surface area contributed by atoms with Crippen molar-refractivity contribution in [2.45, 2.75) is 0 Å². The van der Waals surface area contributed by atoms with Gasteiger partial charge in [0, 0.05) is 39.3 Å². The minimum absolute atomic E-state index is 0. The largest absolute Gasteiger partial charge is 1.00 e. The molecule has 0 aromatic carbocycles. The summed E-state index contributed by atoms with van der Waals surface area (Å²) in [6.45, 7) is 17.2. The number of ether oxygens (including phenoxy) is 5. The van der Waals surface area contributed by atoms with E-state index in [9.17, 15) is 0 Å². The number of hydrogen-bond donors (Lipinski definition) is 0. The van der Waals surface area contributed by atoms with Crippen molar-refractivity contribution in [1.82, 2.24) is 9.80 Å². The molecule has 9 heteroatoms. The molecule has 2 saturated heterocycles. The van der Waals surface area contributed by atoms with Crippen molar-refractivity contribution < 1.29 is 53.2 Å². The summed E-state index contributed by atoms with van der Waals surface area (Å²) in [6, 6.07) is 0. The van der Waals surface area contributed by atoms with Crippen LogP contribution in [0.15, 0.2) is 0 Å². The van der Waals surface area contributed by atoms with Gasteiger partial charge < -0.3 is 35.5 Å². The van der Waals surface area contributed by atoms with Crippen LogP contribution >= 0.6 is 0 Å². The average molecular weight is 381 g/mol. The number of hydrogen-bond acceptors (Lipinski definition) is 8. The molecule has 2 rings (SSSR count). The molecule has 2 heterocycles. The molecule has 146 valence electrons. The second-order valence-corrected chi connectivity index (χ2v) is 5.75. The van der Waals surface area contributed by atoms with Crippen molar-refractivity contribution in [2.24, 2.45) is 0 Å². The minimum atomic E-state index is 0. The van der Waals surface area contributed by atoms with Crippen LogP contribution in [0.4, 0.5) is 0 Å². The minimum Gasteiger partial charge on any atom is -0.512 e. The first-order valence-electron chi connectivity index (χ1n) is 9.01. The summed E-state index contributed by atoms with van der Waals surface area (Å²) in [5.41, 5.74) is 0. The van der Waals surface area contributed by atoms with Crippen molar-refractivity contribution in [1.29, 1.82) is 5.26 Å². The third-order valence-electron chi connectivity index (χ3n) is 4.06. The predicted octanol–water partition coefficient (Wildman–Crippen LogP) is -3.20. The molecule has 2 fully saturated rings. The van der Waals surface area contributed by atoms with E-state index >= 15 is 0 Å². The average Bonchev–Trinajstić information content (AvgIpc) is 2.66. The van der Waals surface area contributed by atoms with Gasteiger partial charge in [-0.1, -0.05) is 0 Å². The smallest absolute Gasteiger partial charge is 0.512 e. The summed E-state index contributed by atoms with van der Waals surface area (Å²) in [5.74, 6) is 0. The molecular weight excluding hydrogens is 349 g/mol. The van der Waals surface area contributed by atoms with E-state index in [2.05, 4.69) is 9.80 Å². The fourth-order valence-corrected chi connectivity index (χ4v) is 2.58. The monoisotopic (exact) mass is 381 g/mol. The zero-order chi connectivity index (χ0) is 18.0. The standard InChI is InChI=1S/C16H32N2O5.CN.Na/c1-7-19-8-2-18-5-11-22-15-13-20-9-3-17(1)4-10-21-14-16-23-12-6-18;1-2;/h1-16H2;;/q;-1;+1. The van der Waals surface area contributed by atoms with E-state index in [1.54, 1.807) is 0 Å². The van der Waals surface area contributed by atoms with Crippen LogP contribution in [0.3, 0.4) is 0 Å². The van der Waals surface area contributed by atoms with Crippen LogP contribution in [0.5, 0.6) is 0 Å². The zero-order valence-corrected chi connectivity index (χ0v) is 18.2. The Labute approximate surface area is 179 Å². The Kier molecular flexibility index (Phi) is 20.1. The third-order valence-corrected chi connectivity index (χ3v) is 4.06. The summed E-state index contributed by atoms with van der Waals surface area (Å²) in [5, 5.41) is 6.25. The van der Waals surface area contributed by atoms with Crippen molar-refractivity contribution in [2.75, 3.05) is 105 Å². The van der Waals surface area contributed by atoms with Crippen LogP contribution in [-0.4, -0.2) is 115 Å². The van der Waals surface area contributed by atoms with E-state index < -0.39 is 0 Å². The predicted molar refractivity (Wildman–Crippen MR) is 91.9 cm³/mol. The summed E-state index contributed by atoms with van der Waals surface area (Å²) in [4.78, 5) is 4.66. The number of rotatable bonds is 0. The normalized spacial score (nSPS) is 27.8. The summed E-state index contributed by atoms with van der Waals surface area (Å²) < 4.78 is 28.4. The molecule has 0 N–H and O–H groups in total. The van der Waals surface area contributed by atoms with Gasteiger partial charge in [0.25, 0.3) is 0 Å². The maximum absolute atomic E-state index is 6.25. The Morgan fingerprint density at radius 2 is 0.615 bits per heavy atom. The Hall–Kier alpha value is 0.210. The summed E-state index contributed by atoms with van der Waals surface area (Å²) in [7, 11) is 0. The fraction of sp³-hybridized carbons (Fsp3) is 0.941. The second-order valence-electron chi connectivity index (χ2n) is 5.75. The maximum atomic E-state index is 6.25. The van der Waals surface area contributed by atoms with Gasteiger partial charge >= 0.3 is 29.6 Å². The van der Waals surface area contributed by atoms with Crippen molar-refractivity contribution in [3.63, 3.8) is 0 Å². The van der Waals surface area contributed by atoms with Gasteiger partial charge in [-0.05, 0) is 0 Å². The quantitative estimate of drug-likeness (QED) is 0.247. The van der Waals surface area contributed by atoms with Crippen molar-refractivity contribution >= 4 is 0 Å². The van der Waals surface area contributed by atoms with E-state index in [1.165, 1.54) is 0 Å². The SMILES string of the molecule is C1COCCN2CCOCCOCCN(CCO1)CCOCC2.[C-]#N.[Na+]. The zero-order valence-electron chi connectivity index (χ0n) is 16.2. The van der Waals surface area contributed by atoms with Gasteiger partial charge in [0.05, 0.1) is 66.1 Å². The van der Waals surface area contributed by atoms with E-state index in [0.717, 1.165) is 78.9 Å². The molecule has 0 atom stereocenters. The molecule has 0 aliphatic carbocycles. The molecule has 2 aliphatic heterocycles. The fourth-order valence-electron chi connectivity index (χ4n) is 2.58. The van der Waals surface area contributed by atoms with Gasteiger partial charge in [-0.25, -0.2) is 0 Å². The Balaban J connectivity index is 0.00000201. The van der Waals surface area contributed by atoms with Gasteiger partial charge in [-0.2, -0.15) is 0 Å². The van der Waals surface area contributed by atoms with Gasteiger partial charge in [-0.3, -0.25) is 9.80 Å². The molecular formula is C17H32N3NaO5. The van der Waals surface area contributed by atoms with E-state index in [-0.39, 0.29) is 29.6 Å². The van der Waals surface area contributed by atoms with Crippen LogP contribution < -0.4 is 29.6 Å². The Bertz CT molecular complexity index is 280. The first kappa shape index (κ1) is 26.2. The van der Waals surface area contributed by atoms with Crippen molar-refractivity contribution in [3.8, 4) is 0 Å². The van der Waals surface area contributed by atoms with Gasteiger partial charge in [0.15, 0.2) is 0 Å². The molecule has 0 radical (unpaired) electrons.